The molecule has 2 aromatic carbocycles. The van der Waals surface area contributed by atoms with Crippen molar-refractivity contribution in [1.29, 1.82) is 0 Å². The summed E-state index contributed by atoms with van der Waals surface area (Å²) in [4.78, 5) is 23.0. The third-order valence-corrected chi connectivity index (χ3v) is 6.22. The highest BCUT2D eigenvalue weighted by atomic mass is 35.5. The Hall–Kier alpha value is -3.30. The van der Waals surface area contributed by atoms with E-state index in [1.165, 1.54) is 11.3 Å². The van der Waals surface area contributed by atoms with E-state index in [1.54, 1.807) is 18.3 Å². The molecule has 0 aliphatic heterocycles. The first-order valence-corrected chi connectivity index (χ1v) is 12.9. The highest BCUT2D eigenvalue weighted by Gasteiger charge is 2.12. The molecule has 0 saturated heterocycles. The Labute approximate surface area is 220 Å². The molecular formula is C27H30ClN5O2S. The molecule has 0 atom stereocenters. The van der Waals surface area contributed by atoms with E-state index < -0.39 is 0 Å². The van der Waals surface area contributed by atoms with Crippen LogP contribution in [0.25, 0.3) is 10.6 Å². The van der Waals surface area contributed by atoms with Gasteiger partial charge in [-0.25, -0.2) is 9.97 Å². The van der Waals surface area contributed by atoms with E-state index in [4.69, 9.17) is 16.7 Å². The van der Waals surface area contributed by atoms with Crippen molar-refractivity contribution >= 4 is 40.5 Å². The molecule has 2 aromatic heterocycles. The molecule has 0 bridgehead atoms. The summed E-state index contributed by atoms with van der Waals surface area (Å²) < 4.78 is 0. The van der Waals surface area contributed by atoms with Crippen LogP contribution in [0.2, 0.25) is 5.02 Å². The monoisotopic (exact) mass is 523 g/mol. The molecule has 2 heterocycles. The van der Waals surface area contributed by atoms with Crippen LogP contribution >= 0.6 is 22.9 Å². The number of halogens is 1. The molecule has 0 aliphatic carbocycles. The molecule has 4 aromatic rings. The Balaban J connectivity index is 0.00000176. The van der Waals surface area contributed by atoms with Crippen molar-refractivity contribution in [2.24, 2.45) is 0 Å². The topological polar surface area (TPSA) is 99.2 Å². The van der Waals surface area contributed by atoms with Gasteiger partial charge in [0.2, 0.25) is 5.95 Å². The van der Waals surface area contributed by atoms with Gasteiger partial charge in [0.1, 0.15) is 0 Å². The third-order valence-electron chi connectivity index (χ3n) is 4.88. The van der Waals surface area contributed by atoms with Gasteiger partial charge in [-0.1, -0.05) is 49.7 Å². The van der Waals surface area contributed by atoms with Crippen LogP contribution in [0.1, 0.15) is 34.6 Å². The van der Waals surface area contributed by atoms with Crippen molar-refractivity contribution in [1.82, 2.24) is 20.6 Å². The molecule has 0 unspecified atom stereocenters. The van der Waals surface area contributed by atoms with Gasteiger partial charge in [0.25, 0.3) is 5.91 Å². The van der Waals surface area contributed by atoms with Crippen molar-refractivity contribution in [2.45, 2.75) is 26.9 Å². The number of amides is 1. The lowest BCUT2D eigenvalue weighted by Crippen LogP contribution is -2.21. The van der Waals surface area contributed by atoms with E-state index in [-0.39, 0.29) is 12.5 Å². The number of hydrogen-bond acceptors (Lipinski definition) is 7. The SMILES string of the molecule is CC.O=C(NCc1cccc(Cl)c1)c1ccc(-c2ccnc(Nc3cccc(CNCCO)c3)n2)s1. The molecule has 4 rings (SSSR count). The first-order chi connectivity index (χ1) is 17.6. The number of nitrogens with one attached hydrogen (secondary N) is 3. The van der Waals surface area contributed by atoms with Crippen molar-refractivity contribution in [2.75, 3.05) is 18.5 Å². The van der Waals surface area contributed by atoms with Crippen LogP contribution in [0.15, 0.2) is 72.9 Å². The lowest BCUT2D eigenvalue weighted by atomic mass is 10.2. The van der Waals surface area contributed by atoms with E-state index in [9.17, 15) is 4.79 Å². The first kappa shape index (κ1) is 27.3. The average Bonchev–Trinajstić information content (AvgIpc) is 3.40. The molecule has 0 fully saturated rings. The van der Waals surface area contributed by atoms with Gasteiger partial charge in [-0.2, -0.15) is 0 Å². The maximum Gasteiger partial charge on any atom is 0.261 e. The van der Waals surface area contributed by atoms with Gasteiger partial charge in [-0.3, -0.25) is 4.79 Å². The summed E-state index contributed by atoms with van der Waals surface area (Å²) in [5.74, 6) is 0.327. The lowest BCUT2D eigenvalue weighted by Gasteiger charge is -2.08. The number of aliphatic hydroxyl groups excluding tert-OH is 1. The van der Waals surface area contributed by atoms with Gasteiger partial charge in [0.15, 0.2) is 0 Å². The minimum Gasteiger partial charge on any atom is -0.395 e. The van der Waals surface area contributed by atoms with Crippen LogP contribution in [0.4, 0.5) is 11.6 Å². The van der Waals surface area contributed by atoms with Gasteiger partial charge in [-0.15, -0.1) is 11.3 Å². The predicted molar refractivity (Wildman–Crippen MR) is 148 cm³/mol. The fraction of sp³-hybridized carbons (Fsp3) is 0.222. The van der Waals surface area contributed by atoms with E-state index in [2.05, 4.69) is 25.9 Å². The highest BCUT2D eigenvalue weighted by molar-refractivity contribution is 7.17. The summed E-state index contributed by atoms with van der Waals surface area (Å²) in [6.07, 6.45) is 1.69. The Morgan fingerprint density at radius 3 is 2.56 bits per heavy atom. The lowest BCUT2D eigenvalue weighted by molar-refractivity contribution is 0.0955. The van der Waals surface area contributed by atoms with Gasteiger partial charge in [-0.05, 0) is 53.6 Å². The zero-order chi connectivity index (χ0) is 25.8. The Bertz CT molecular complexity index is 1260. The molecule has 0 saturated carbocycles. The van der Waals surface area contributed by atoms with Gasteiger partial charge >= 0.3 is 0 Å². The molecule has 0 aliphatic rings. The van der Waals surface area contributed by atoms with E-state index in [1.807, 2.05) is 68.4 Å². The van der Waals surface area contributed by atoms with Crippen molar-refractivity contribution in [3.05, 3.63) is 94.0 Å². The summed E-state index contributed by atoms with van der Waals surface area (Å²) in [6.45, 7) is 5.72. The highest BCUT2D eigenvalue weighted by Crippen LogP contribution is 2.27. The number of benzene rings is 2. The van der Waals surface area contributed by atoms with Gasteiger partial charge in [0, 0.05) is 36.5 Å². The second-order valence-corrected chi connectivity index (χ2v) is 8.99. The van der Waals surface area contributed by atoms with Crippen LogP contribution in [-0.2, 0) is 13.1 Å². The number of anilines is 2. The number of hydrogen-bond donors (Lipinski definition) is 4. The molecule has 188 valence electrons. The Kier molecular flexibility index (Phi) is 10.8. The van der Waals surface area contributed by atoms with E-state index in [0.717, 1.165) is 27.4 Å². The van der Waals surface area contributed by atoms with Crippen molar-refractivity contribution in [3.63, 3.8) is 0 Å². The van der Waals surface area contributed by atoms with Crippen molar-refractivity contribution in [3.8, 4) is 10.6 Å². The molecule has 1 amide bonds. The van der Waals surface area contributed by atoms with E-state index >= 15 is 0 Å². The van der Waals surface area contributed by atoms with Crippen molar-refractivity contribution < 1.29 is 9.90 Å². The number of rotatable bonds is 10. The fourth-order valence-electron chi connectivity index (χ4n) is 3.27. The normalized spacial score (nSPS) is 10.3. The summed E-state index contributed by atoms with van der Waals surface area (Å²) >= 11 is 7.38. The maximum absolute atomic E-state index is 12.6. The van der Waals surface area contributed by atoms with Gasteiger partial charge in [0.05, 0.1) is 22.1 Å². The molecule has 4 N–H and O–H groups in total. The second-order valence-electron chi connectivity index (χ2n) is 7.47. The zero-order valence-electron chi connectivity index (χ0n) is 20.3. The Morgan fingerprint density at radius 1 is 1.00 bits per heavy atom. The zero-order valence-corrected chi connectivity index (χ0v) is 21.9. The largest absolute Gasteiger partial charge is 0.395 e. The van der Waals surface area contributed by atoms with Crippen LogP contribution in [-0.4, -0.2) is 34.1 Å². The molecule has 0 radical (unpaired) electrons. The Morgan fingerprint density at radius 2 is 1.78 bits per heavy atom. The smallest absolute Gasteiger partial charge is 0.261 e. The van der Waals surface area contributed by atoms with E-state index in [0.29, 0.717) is 35.5 Å². The maximum atomic E-state index is 12.6. The summed E-state index contributed by atoms with van der Waals surface area (Å²) in [5.41, 5.74) is 3.63. The van der Waals surface area contributed by atoms with Crippen LogP contribution in [0.5, 0.6) is 0 Å². The standard InChI is InChI=1S/C25H24ClN5O2S.C2H6/c26-19-5-1-3-17(13-19)16-29-24(33)23-8-7-22(34-23)21-9-10-28-25(31-21)30-20-6-2-4-18(14-20)15-27-11-12-32;1-2/h1-10,13-14,27,32H,11-12,15-16H2,(H,29,33)(H,28,30,31);1-2H3. The number of aliphatic hydroxyl groups is 1. The van der Waals surface area contributed by atoms with Crippen LogP contribution in [0.3, 0.4) is 0 Å². The third kappa shape index (κ3) is 8.13. The summed E-state index contributed by atoms with van der Waals surface area (Å²) in [7, 11) is 0. The number of nitrogens with zero attached hydrogens (tertiary/aromatic N) is 2. The minimum atomic E-state index is -0.143. The first-order valence-electron chi connectivity index (χ1n) is 11.7. The van der Waals surface area contributed by atoms with Crippen LogP contribution in [0, 0.1) is 0 Å². The van der Waals surface area contributed by atoms with Crippen LogP contribution < -0.4 is 16.0 Å². The molecule has 9 heteroatoms. The number of aromatic nitrogens is 2. The predicted octanol–water partition coefficient (Wildman–Crippen LogP) is 5.64. The second kappa shape index (κ2) is 14.3. The number of carbonyl (C=O) groups is 1. The van der Waals surface area contributed by atoms with Gasteiger partial charge < -0.3 is 21.1 Å². The molecule has 7 nitrogen and oxygen atoms in total. The molecule has 36 heavy (non-hydrogen) atoms. The minimum absolute atomic E-state index is 0.104. The number of thiophene rings is 1. The fourth-order valence-corrected chi connectivity index (χ4v) is 4.38. The number of carbonyl (C=O) groups excluding carboxylic acids is 1. The average molecular weight is 524 g/mol. The summed E-state index contributed by atoms with van der Waals surface area (Å²) in [6, 6.07) is 20.8. The molecule has 0 spiro atoms. The molecular weight excluding hydrogens is 494 g/mol. The summed E-state index contributed by atoms with van der Waals surface area (Å²) in [5, 5.41) is 18.9. The quantitative estimate of drug-likeness (QED) is 0.201.